The number of nitrogens with one attached hydrogen (secondary N) is 3. The number of carboxylic acid groups (broad SMARTS) is 1. The van der Waals surface area contributed by atoms with E-state index in [1.807, 2.05) is 13.0 Å². The molecule has 2 aromatic heterocycles. The van der Waals surface area contributed by atoms with Crippen LogP contribution in [-0.2, 0) is 11.2 Å². The molecule has 0 saturated heterocycles. The summed E-state index contributed by atoms with van der Waals surface area (Å²) in [5.74, 6) is 1.82. The lowest BCUT2D eigenvalue weighted by Gasteiger charge is -2.19. The van der Waals surface area contributed by atoms with Gasteiger partial charge in [0.25, 0.3) is 0 Å². The van der Waals surface area contributed by atoms with Crippen LogP contribution in [0, 0.1) is 12.8 Å². The standard InChI is InChI=1S/C19H27N5O4/c1-3-14(20-19(26)27)8-12-4-5-13(7-12)16-10-17(23-22-16)21-18(25)9-15-6-11(2)28-24-15/h6,10,12-14,20H,3-5,7-9H2,1-2H3,(H,26,27)(H2,21,22,23,25). The summed E-state index contributed by atoms with van der Waals surface area (Å²) in [7, 11) is 0. The average molecular weight is 389 g/mol. The van der Waals surface area contributed by atoms with Gasteiger partial charge in [0.05, 0.1) is 12.1 Å². The van der Waals surface area contributed by atoms with E-state index < -0.39 is 6.09 Å². The van der Waals surface area contributed by atoms with Crippen molar-refractivity contribution in [2.75, 3.05) is 5.32 Å². The number of carbonyl (C=O) groups excluding carboxylic acids is 1. The molecule has 9 heteroatoms. The number of carbonyl (C=O) groups is 2. The number of amides is 2. The zero-order valence-electron chi connectivity index (χ0n) is 16.2. The van der Waals surface area contributed by atoms with Gasteiger partial charge in [0.2, 0.25) is 5.91 Å². The first-order valence-electron chi connectivity index (χ1n) is 9.69. The summed E-state index contributed by atoms with van der Waals surface area (Å²) in [5.41, 5.74) is 1.60. The van der Waals surface area contributed by atoms with Crippen molar-refractivity contribution in [3.8, 4) is 0 Å². The Labute approximate surface area is 163 Å². The molecule has 0 aliphatic heterocycles. The summed E-state index contributed by atoms with van der Waals surface area (Å²) in [4.78, 5) is 23.0. The zero-order valence-corrected chi connectivity index (χ0v) is 16.2. The van der Waals surface area contributed by atoms with Crippen molar-refractivity contribution in [3.63, 3.8) is 0 Å². The number of hydrogen-bond acceptors (Lipinski definition) is 5. The highest BCUT2D eigenvalue weighted by Gasteiger charge is 2.29. The molecule has 0 spiro atoms. The minimum atomic E-state index is -0.962. The summed E-state index contributed by atoms with van der Waals surface area (Å²) < 4.78 is 4.97. The maximum absolute atomic E-state index is 12.1. The SMILES string of the molecule is CCC(CC1CCC(c2cc(NC(=O)Cc3cc(C)on3)n[nH]2)C1)NC(=O)O. The van der Waals surface area contributed by atoms with Crippen LogP contribution < -0.4 is 10.6 Å². The Hall–Kier alpha value is -2.84. The number of hydrogen-bond donors (Lipinski definition) is 4. The predicted octanol–water partition coefficient (Wildman–Crippen LogP) is 3.21. The topological polar surface area (TPSA) is 133 Å². The molecule has 28 heavy (non-hydrogen) atoms. The van der Waals surface area contributed by atoms with Gasteiger partial charge in [0, 0.05) is 29.8 Å². The third-order valence-corrected chi connectivity index (χ3v) is 5.30. The van der Waals surface area contributed by atoms with Crippen molar-refractivity contribution in [2.24, 2.45) is 5.92 Å². The molecule has 1 saturated carbocycles. The van der Waals surface area contributed by atoms with Gasteiger partial charge in [-0.2, -0.15) is 5.10 Å². The van der Waals surface area contributed by atoms with E-state index in [1.165, 1.54) is 0 Å². The molecule has 0 aromatic carbocycles. The highest BCUT2D eigenvalue weighted by Crippen LogP contribution is 2.40. The van der Waals surface area contributed by atoms with Crippen molar-refractivity contribution < 1.29 is 19.2 Å². The first-order chi connectivity index (χ1) is 13.4. The normalized spacial score (nSPS) is 20.1. The monoisotopic (exact) mass is 389 g/mol. The molecule has 2 aromatic rings. The van der Waals surface area contributed by atoms with Crippen LogP contribution in [0.3, 0.4) is 0 Å². The van der Waals surface area contributed by atoms with Crippen LogP contribution in [0.5, 0.6) is 0 Å². The van der Waals surface area contributed by atoms with Crippen LogP contribution in [0.4, 0.5) is 10.6 Å². The molecule has 3 unspecified atom stereocenters. The predicted molar refractivity (Wildman–Crippen MR) is 102 cm³/mol. The van der Waals surface area contributed by atoms with Gasteiger partial charge in [0.1, 0.15) is 5.76 Å². The summed E-state index contributed by atoms with van der Waals surface area (Å²) in [5, 5.41) is 25.3. The zero-order chi connectivity index (χ0) is 20.1. The first-order valence-corrected chi connectivity index (χ1v) is 9.69. The Morgan fingerprint density at radius 3 is 2.89 bits per heavy atom. The maximum Gasteiger partial charge on any atom is 0.404 e. The van der Waals surface area contributed by atoms with E-state index >= 15 is 0 Å². The van der Waals surface area contributed by atoms with Crippen molar-refractivity contribution in [3.05, 3.63) is 29.3 Å². The Bertz CT molecular complexity index is 815. The molecule has 9 nitrogen and oxygen atoms in total. The molecule has 1 aliphatic rings. The number of aryl methyl sites for hydroxylation is 1. The van der Waals surface area contributed by atoms with E-state index in [2.05, 4.69) is 26.0 Å². The first kappa shape index (κ1) is 19.9. The fourth-order valence-electron chi connectivity index (χ4n) is 3.94. The van der Waals surface area contributed by atoms with Crippen molar-refractivity contribution in [1.82, 2.24) is 20.7 Å². The Morgan fingerprint density at radius 2 is 2.21 bits per heavy atom. The Balaban J connectivity index is 1.50. The quantitative estimate of drug-likeness (QED) is 0.548. The lowest BCUT2D eigenvalue weighted by molar-refractivity contribution is -0.115. The van der Waals surface area contributed by atoms with E-state index in [1.54, 1.807) is 13.0 Å². The van der Waals surface area contributed by atoms with E-state index in [0.29, 0.717) is 29.1 Å². The third-order valence-electron chi connectivity index (χ3n) is 5.30. The van der Waals surface area contributed by atoms with Crippen LogP contribution >= 0.6 is 0 Å². The second-order valence-electron chi connectivity index (χ2n) is 7.53. The molecule has 3 rings (SSSR count). The third kappa shape index (κ3) is 5.34. The average Bonchev–Trinajstić information content (AvgIpc) is 3.35. The summed E-state index contributed by atoms with van der Waals surface area (Å²) >= 11 is 0. The molecular weight excluding hydrogens is 362 g/mol. The fraction of sp³-hybridized carbons (Fsp3) is 0.579. The Kier molecular flexibility index (Phi) is 6.33. The lowest BCUT2D eigenvalue weighted by Crippen LogP contribution is -2.34. The van der Waals surface area contributed by atoms with Gasteiger partial charge < -0.3 is 20.3 Å². The number of anilines is 1. The van der Waals surface area contributed by atoms with Gasteiger partial charge in [-0.05, 0) is 44.9 Å². The van der Waals surface area contributed by atoms with Gasteiger partial charge in [-0.3, -0.25) is 9.89 Å². The highest BCUT2D eigenvalue weighted by molar-refractivity contribution is 5.91. The van der Waals surface area contributed by atoms with Gasteiger partial charge in [-0.15, -0.1) is 0 Å². The molecule has 4 N–H and O–H groups in total. The molecule has 0 radical (unpaired) electrons. The van der Waals surface area contributed by atoms with Gasteiger partial charge in [0.15, 0.2) is 5.82 Å². The number of H-pyrrole nitrogens is 1. The molecule has 152 valence electrons. The Morgan fingerprint density at radius 1 is 1.39 bits per heavy atom. The molecule has 1 fully saturated rings. The van der Waals surface area contributed by atoms with E-state index in [0.717, 1.165) is 37.8 Å². The van der Waals surface area contributed by atoms with E-state index in [-0.39, 0.29) is 18.4 Å². The fourth-order valence-corrected chi connectivity index (χ4v) is 3.94. The highest BCUT2D eigenvalue weighted by atomic mass is 16.5. The summed E-state index contributed by atoms with van der Waals surface area (Å²) in [6.45, 7) is 3.78. The van der Waals surface area contributed by atoms with Crippen molar-refractivity contribution in [2.45, 2.75) is 64.3 Å². The molecule has 0 bridgehead atoms. The smallest absolute Gasteiger partial charge is 0.404 e. The minimum Gasteiger partial charge on any atom is -0.465 e. The van der Waals surface area contributed by atoms with Crippen LogP contribution in [0.1, 0.15) is 62.1 Å². The lowest BCUT2D eigenvalue weighted by atomic mass is 9.95. The number of aromatic nitrogens is 3. The van der Waals surface area contributed by atoms with Gasteiger partial charge >= 0.3 is 6.09 Å². The van der Waals surface area contributed by atoms with Gasteiger partial charge in [-0.25, -0.2) is 4.79 Å². The second-order valence-corrected chi connectivity index (χ2v) is 7.53. The molecular formula is C19H27N5O4. The molecule has 3 atom stereocenters. The van der Waals surface area contributed by atoms with Crippen LogP contribution in [-0.4, -0.2) is 38.5 Å². The molecule has 2 amide bonds. The van der Waals surface area contributed by atoms with E-state index in [9.17, 15) is 9.59 Å². The minimum absolute atomic E-state index is 0.00182. The summed E-state index contributed by atoms with van der Waals surface area (Å²) in [6, 6.07) is 3.61. The van der Waals surface area contributed by atoms with Crippen LogP contribution in [0.25, 0.3) is 0 Å². The van der Waals surface area contributed by atoms with Crippen LogP contribution in [0.2, 0.25) is 0 Å². The maximum atomic E-state index is 12.1. The van der Waals surface area contributed by atoms with Gasteiger partial charge in [-0.1, -0.05) is 12.1 Å². The summed E-state index contributed by atoms with van der Waals surface area (Å²) in [6.07, 6.45) is 3.91. The number of nitrogens with zero attached hydrogens (tertiary/aromatic N) is 2. The second kappa shape index (κ2) is 8.90. The molecule has 2 heterocycles. The molecule has 1 aliphatic carbocycles. The van der Waals surface area contributed by atoms with Crippen LogP contribution in [0.15, 0.2) is 16.7 Å². The number of rotatable bonds is 8. The van der Waals surface area contributed by atoms with E-state index in [4.69, 9.17) is 9.63 Å². The largest absolute Gasteiger partial charge is 0.465 e. The van der Waals surface area contributed by atoms with Crippen molar-refractivity contribution in [1.29, 1.82) is 0 Å². The number of aromatic amines is 1. The van der Waals surface area contributed by atoms with Crippen molar-refractivity contribution >= 4 is 17.8 Å².